The van der Waals surface area contributed by atoms with Gasteiger partial charge in [0.1, 0.15) is 0 Å². The quantitative estimate of drug-likeness (QED) is 0.154. The fourth-order valence-electron chi connectivity index (χ4n) is 6.78. The Hall–Kier alpha value is -2.31. The molecule has 0 fully saturated rings. The van der Waals surface area contributed by atoms with E-state index < -0.39 is 0 Å². The van der Waals surface area contributed by atoms with Gasteiger partial charge in [0.25, 0.3) is 0 Å². The summed E-state index contributed by atoms with van der Waals surface area (Å²) in [5.74, 6) is 1.27. The number of rotatable bonds is 10. The van der Waals surface area contributed by atoms with Gasteiger partial charge in [0, 0.05) is 0 Å². The Kier molecular flexibility index (Phi) is 18.9. The van der Waals surface area contributed by atoms with Crippen molar-refractivity contribution in [3.05, 3.63) is 154 Å². The second-order valence-corrected chi connectivity index (χ2v) is 14.8. The summed E-state index contributed by atoms with van der Waals surface area (Å²) >= 11 is 1.55. The summed E-state index contributed by atoms with van der Waals surface area (Å²) in [6.45, 7) is 13.8. The van der Waals surface area contributed by atoms with E-state index >= 15 is 0 Å². The van der Waals surface area contributed by atoms with E-state index in [2.05, 4.69) is 139 Å². The molecule has 48 heavy (non-hydrogen) atoms. The maximum absolute atomic E-state index is 3.74. The van der Waals surface area contributed by atoms with E-state index in [0.29, 0.717) is 11.8 Å². The van der Waals surface area contributed by atoms with Crippen molar-refractivity contribution in [1.82, 2.24) is 0 Å². The zero-order valence-corrected chi connectivity index (χ0v) is 33.8. The van der Waals surface area contributed by atoms with E-state index in [-0.39, 0.29) is 24.8 Å². The number of hydrogen-bond donors (Lipinski definition) is 0. The van der Waals surface area contributed by atoms with E-state index in [9.17, 15) is 0 Å². The van der Waals surface area contributed by atoms with Gasteiger partial charge in [-0.1, -0.05) is 77.5 Å². The third kappa shape index (κ3) is 12.2. The second kappa shape index (κ2) is 21.7. The molecule has 0 bridgehead atoms. The molecular weight excluding hydrogens is 703 g/mol. The molecule has 2 aliphatic carbocycles. The number of allylic oxidation sites excluding steroid dienone is 4. The van der Waals surface area contributed by atoms with Gasteiger partial charge in [-0.05, 0) is 42.4 Å². The van der Waals surface area contributed by atoms with Gasteiger partial charge in [-0.3, -0.25) is 6.08 Å². The van der Waals surface area contributed by atoms with Crippen molar-refractivity contribution < 1.29 is 49.0 Å². The first-order chi connectivity index (χ1) is 22.3. The average Bonchev–Trinajstić information content (AvgIpc) is 3.73. The van der Waals surface area contributed by atoms with Crippen LogP contribution in [0.25, 0.3) is 11.1 Å². The van der Waals surface area contributed by atoms with Crippen LogP contribution in [0.3, 0.4) is 0 Å². The van der Waals surface area contributed by atoms with Crippen molar-refractivity contribution in [2.45, 2.75) is 105 Å². The molecule has 0 saturated heterocycles. The van der Waals surface area contributed by atoms with Crippen molar-refractivity contribution in [2.24, 2.45) is 0 Å². The molecule has 0 aliphatic heterocycles. The van der Waals surface area contributed by atoms with E-state index in [4.69, 9.17) is 0 Å². The number of aryl methyl sites for hydroxylation is 2. The molecule has 0 nitrogen and oxygen atoms in total. The molecule has 2 unspecified atom stereocenters. The van der Waals surface area contributed by atoms with Gasteiger partial charge in [-0.2, -0.15) is 23.8 Å². The molecule has 4 aromatic carbocycles. The second-order valence-electron chi connectivity index (χ2n) is 13.1. The summed E-state index contributed by atoms with van der Waals surface area (Å²) in [6, 6.07) is 32.6. The van der Waals surface area contributed by atoms with Crippen LogP contribution >= 0.6 is 0 Å². The fourth-order valence-corrected chi connectivity index (χ4v) is 7.78. The third-order valence-corrected chi connectivity index (χ3v) is 10.0. The molecule has 0 radical (unpaired) electrons. The molecule has 0 aromatic heterocycles. The van der Waals surface area contributed by atoms with Gasteiger partial charge in [0.15, 0.2) is 0 Å². The Morgan fingerprint density at radius 1 is 0.750 bits per heavy atom. The molecule has 6 rings (SSSR count). The molecule has 4 aromatic rings. The van der Waals surface area contributed by atoms with Gasteiger partial charge >= 0.3 is 112 Å². The molecule has 2 atom stereocenters. The number of hydrogen-bond acceptors (Lipinski definition) is 0. The predicted molar refractivity (Wildman–Crippen MR) is 197 cm³/mol. The molecule has 0 heterocycles. The van der Waals surface area contributed by atoms with Crippen LogP contribution < -0.4 is 24.8 Å². The predicted octanol–water partition coefficient (Wildman–Crippen LogP) is 5.99. The van der Waals surface area contributed by atoms with Crippen LogP contribution in [0, 0.1) is 26.0 Å². The summed E-state index contributed by atoms with van der Waals surface area (Å²) in [5.41, 5.74) is 14.5. The molecule has 0 spiro atoms. The summed E-state index contributed by atoms with van der Waals surface area (Å²) < 4.78 is 1.60. The normalized spacial score (nSPS) is 13.0. The van der Waals surface area contributed by atoms with Gasteiger partial charge in [0.05, 0.1) is 0 Å². The van der Waals surface area contributed by atoms with Crippen LogP contribution in [0.2, 0.25) is 0 Å². The molecule has 2 aliphatic rings. The van der Waals surface area contributed by atoms with Crippen LogP contribution in [0.1, 0.15) is 116 Å². The first kappa shape index (κ1) is 41.9. The SMILES string of the molecule is CCCC(C)c1cc2c([c-]c1C)Cc1cc(C)c(C(C)CCC)cc1-2.[C-]1=CC=CC1.[Cl-].[Cl-].[Zr+2]=[C](Cc1ccccc1)Cc1ccccc1. The molecular formula is C45H52Cl2Zr-2. The first-order valence-corrected chi connectivity index (χ1v) is 18.6. The van der Waals surface area contributed by atoms with Gasteiger partial charge in [0.2, 0.25) is 0 Å². The van der Waals surface area contributed by atoms with Crippen molar-refractivity contribution in [3.63, 3.8) is 0 Å². The fraction of sp³-hybridized carbons (Fsp3) is 0.356. The molecule has 0 saturated carbocycles. The Morgan fingerprint density at radius 2 is 1.29 bits per heavy atom. The summed E-state index contributed by atoms with van der Waals surface area (Å²) in [7, 11) is 0. The molecule has 252 valence electrons. The van der Waals surface area contributed by atoms with Crippen molar-refractivity contribution in [2.75, 3.05) is 0 Å². The summed E-state index contributed by atoms with van der Waals surface area (Å²) in [6.07, 6.45) is 18.3. The number of fused-ring (bicyclic) bond motifs is 3. The standard InChI is InChI=1S/C25H33.C15H14.C5H5.2ClH.Zr/c1-7-9-16(3)22-14-24-20(11-18(22)5)13-21-12-19(6)23(15-25(21)24)17(4)10-8-2;1-3-8-14(9-4-1)12-7-13-15-10-5-2-6-11-15;1-2-4-5-3-1;;;/h11,14-17H,7-10,13H2,1-6H3;1-6,8-11H,12-13H2;1-3H,4H2;2*1H;/q-1;;-1;;;+2/p-2. The Labute approximate surface area is 319 Å². The monoisotopic (exact) mass is 752 g/mol. The molecule has 0 amide bonds. The summed E-state index contributed by atoms with van der Waals surface area (Å²) in [4.78, 5) is 0. The molecule has 3 heteroatoms. The number of halogens is 2. The zero-order chi connectivity index (χ0) is 32.9. The maximum atomic E-state index is 3.74. The minimum absolute atomic E-state index is 0. The average molecular weight is 755 g/mol. The van der Waals surface area contributed by atoms with E-state index in [1.165, 1.54) is 81.3 Å². The van der Waals surface area contributed by atoms with Gasteiger partial charge in [-0.25, -0.2) is 12.2 Å². The van der Waals surface area contributed by atoms with E-state index in [0.717, 1.165) is 25.7 Å². The van der Waals surface area contributed by atoms with Gasteiger partial charge in [-0.15, -0.1) is 23.1 Å². The Balaban J connectivity index is 0.000000298. The van der Waals surface area contributed by atoms with Crippen LogP contribution in [0.4, 0.5) is 0 Å². The van der Waals surface area contributed by atoms with Crippen LogP contribution in [0.15, 0.2) is 97.1 Å². The number of benzene rings is 4. The van der Waals surface area contributed by atoms with Crippen molar-refractivity contribution in [1.29, 1.82) is 0 Å². The first-order valence-electron chi connectivity index (χ1n) is 17.4. The van der Waals surface area contributed by atoms with Crippen LogP contribution in [-0.4, -0.2) is 3.21 Å². The minimum atomic E-state index is 0. The van der Waals surface area contributed by atoms with Crippen molar-refractivity contribution >= 4 is 3.21 Å². The Morgan fingerprint density at radius 3 is 1.77 bits per heavy atom. The van der Waals surface area contributed by atoms with Crippen LogP contribution in [0.5, 0.6) is 0 Å². The van der Waals surface area contributed by atoms with E-state index in [1.54, 1.807) is 27.4 Å². The van der Waals surface area contributed by atoms with Crippen LogP contribution in [-0.2, 0) is 43.5 Å². The van der Waals surface area contributed by atoms with Crippen molar-refractivity contribution in [3.8, 4) is 11.1 Å². The topological polar surface area (TPSA) is 0 Å². The summed E-state index contributed by atoms with van der Waals surface area (Å²) in [5, 5.41) is 0. The molecule has 0 N–H and O–H groups in total. The third-order valence-electron chi connectivity index (χ3n) is 9.16. The van der Waals surface area contributed by atoms with Gasteiger partial charge < -0.3 is 24.8 Å². The zero-order valence-electron chi connectivity index (χ0n) is 29.8. The Bertz CT molecular complexity index is 1500. The van der Waals surface area contributed by atoms with E-state index in [1.807, 2.05) is 12.2 Å².